The predicted molar refractivity (Wildman–Crippen MR) is 78.4 cm³/mol. The number of hydrogen-bond donors (Lipinski definition) is 2. The highest BCUT2D eigenvalue weighted by Gasteiger charge is 2.29. The average Bonchev–Trinajstić information content (AvgIpc) is 2.28. The summed E-state index contributed by atoms with van der Waals surface area (Å²) in [5, 5.41) is 9.74. The van der Waals surface area contributed by atoms with Crippen LogP contribution in [0.15, 0.2) is 24.3 Å². The molecule has 0 heterocycles. The fourth-order valence-corrected chi connectivity index (χ4v) is 2.47. The lowest BCUT2D eigenvalue weighted by Crippen LogP contribution is -2.46. The summed E-state index contributed by atoms with van der Waals surface area (Å²) in [5.74, 6) is -0.639. The molecule has 4 heteroatoms. The van der Waals surface area contributed by atoms with Crippen LogP contribution in [0.2, 0.25) is 5.02 Å². The van der Waals surface area contributed by atoms with Crippen LogP contribution in [0.3, 0.4) is 0 Å². The third kappa shape index (κ3) is 5.62. The van der Waals surface area contributed by atoms with E-state index in [0.29, 0.717) is 12.3 Å². The maximum absolute atomic E-state index is 10.9. The lowest BCUT2D eigenvalue weighted by molar-refractivity contribution is -0.143. The van der Waals surface area contributed by atoms with Gasteiger partial charge in [0.25, 0.3) is 0 Å². The van der Waals surface area contributed by atoms with Crippen molar-refractivity contribution in [3.05, 3.63) is 34.9 Å². The molecule has 1 rings (SSSR count). The maximum Gasteiger partial charge on any atom is 0.323 e. The maximum atomic E-state index is 10.9. The molecule has 0 saturated heterocycles. The Morgan fingerprint density at radius 3 is 2.79 bits per heavy atom. The number of benzene rings is 1. The van der Waals surface area contributed by atoms with E-state index >= 15 is 0 Å². The third-order valence-electron chi connectivity index (χ3n) is 3.31. The first-order valence-corrected chi connectivity index (χ1v) is 6.96. The Balaban J connectivity index is 2.35. The summed E-state index contributed by atoms with van der Waals surface area (Å²) in [5.41, 5.74) is 5.83. The highest BCUT2D eigenvalue weighted by molar-refractivity contribution is 6.30. The fraction of sp³-hybridized carbons (Fsp3) is 0.533. The molecule has 0 aromatic heterocycles. The topological polar surface area (TPSA) is 63.3 Å². The molecule has 0 bridgehead atoms. The molecule has 3 N–H and O–H groups in total. The summed E-state index contributed by atoms with van der Waals surface area (Å²) in [6.07, 6.45) is 3.43. The van der Waals surface area contributed by atoms with Crippen LogP contribution in [-0.2, 0) is 11.2 Å². The number of aliphatic carboxylic acids is 1. The Hall–Kier alpha value is -1.06. The summed E-state index contributed by atoms with van der Waals surface area (Å²) >= 11 is 5.93. The first-order chi connectivity index (χ1) is 8.81. The number of aryl methyl sites for hydroxylation is 1. The molecule has 0 aliphatic carbocycles. The Kier molecular flexibility index (Phi) is 5.83. The van der Waals surface area contributed by atoms with Crippen LogP contribution in [0.25, 0.3) is 0 Å². The van der Waals surface area contributed by atoms with Crippen molar-refractivity contribution in [3.63, 3.8) is 0 Å². The molecule has 19 heavy (non-hydrogen) atoms. The van der Waals surface area contributed by atoms with Crippen molar-refractivity contribution in [1.82, 2.24) is 0 Å². The van der Waals surface area contributed by atoms with Gasteiger partial charge in [0.05, 0.1) is 0 Å². The molecule has 0 amide bonds. The fourth-order valence-electron chi connectivity index (χ4n) is 2.26. The zero-order valence-electron chi connectivity index (χ0n) is 11.5. The summed E-state index contributed by atoms with van der Waals surface area (Å²) in [7, 11) is 0. The minimum absolute atomic E-state index is 0.297. The molecule has 0 spiro atoms. The molecular formula is C15H22ClNO2. The standard InChI is InChI=1S/C15H22ClNO2/c1-11(10-15(2,17)14(18)19)5-3-6-12-7-4-8-13(16)9-12/h4,7-9,11H,3,5-6,10,17H2,1-2H3,(H,18,19). The lowest BCUT2D eigenvalue weighted by atomic mass is 9.87. The van der Waals surface area contributed by atoms with Gasteiger partial charge in [-0.05, 0) is 49.8 Å². The van der Waals surface area contributed by atoms with Crippen molar-refractivity contribution in [2.45, 2.75) is 45.1 Å². The van der Waals surface area contributed by atoms with Crippen molar-refractivity contribution in [2.75, 3.05) is 0 Å². The van der Waals surface area contributed by atoms with Gasteiger partial charge < -0.3 is 10.8 Å². The van der Waals surface area contributed by atoms with E-state index in [4.69, 9.17) is 22.4 Å². The molecule has 106 valence electrons. The molecule has 0 aliphatic heterocycles. The van der Waals surface area contributed by atoms with Crippen LogP contribution in [0.1, 0.15) is 38.7 Å². The summed E-state index contributed by atoms with van der Waals surface area (Å²) in [6.45, 7) is 3.62. The van der Waals surface area contributed by atoms with E-state index in [2.05, 4.69) is 6.07 Å². The number of nitrogens with two attached hydrogens (primary N) is 1. The van der Waals surface area contributed by atoms with Crippen LogP contribution in [0, 0.1) is 5.92 Å². The lowest BCUT2D eigenvalue weighted by Gasteiger charge is -2.23. The molecule has 3 nitrogen and oxygen atoms in total. The van der Waals surface area contributed by atoms with Gasteiger partial charge in [0, 0.05) is 5.02 Å². The summed E-state index contributed by atoms with van der Waals surface area (Å²) < 4.78 is 0. The number of carboxylic acids is 1. The van der Waals surface area contributed by atoms with E-state index in [9.17, 15) is 4.79 Å². The highest BCUT2D eigenvalue weighted by Crippen LogP contribution is 2.20. The number of halogens is 1. The van der Waals surface area contributed by atoms with Gasteiger partial charge in [-0.3, -0.25) is 4.79 Å². The van der Waals surface area contributed by atoms with Gasteiger partial charge in [-0.25, -0.2) is 0 Å². The van der Waals surface area contributed by atoms with Crippen molar-refractivity contribution in [1.29, 1.82) is 0 Å². The van der Waals surface area contributed by atoms with Crippen LogP contribution >= 0.6 is 11.6 Å². The number of carbonyl (C=O) groups is 1. The van der Waals surface area contributed by atoms with Crippen molar-refractivity contribution in [2.24, 2.45) is 11.7 Å². The van der Waals surface area contributed by atoms with Gasteiger partial charge in [-0.2, -0.15) is 0 Å². The molecule has 0 aliphatic rings. The molecule has 0 saturated carbocycles. The molecule has 1 aromatic rings. The zero-order chi connectivity index (χ0) is 14.5. The van der Waals surface area contributed by atoms with Gasteiger partial charge in [-0.1, -0.05) is 37.1 Å². The number of rotatable bonds is 7. The van der Waals surface area contributed by atoms with E-state index in [1.165, 1.54) is 5.56 Å². The van der Waals surface area contributed by atoms with Crippen LogP contribution in [0.5, 0.6) is 0 Å². The minimum atomic E-state index is -1.13. The largest absolute Gasteiger partial charge is 0.480 e. The Morgan fingerprint density at radius 2 is 2.21 bits per heavy atom. The summed E-state index contributed by atoms with van der Waals surface area (Å²) in [6, 6.07) is 7.83. The molecule has 2 atom stereocenters. The second kappa shape index (κ2) is 6.92. The summed E-state index contributed by atoms with van der Waals surface area (Å²) in [4.78, 5) is 10.9. The van der Waals surface area contributed by atoms with Gasteiger partial charge in [0.15, 0.2) is 0 Å². The quantitative estimate of drug-likeness (QED) is 0.805. The highest BCUT2D eigenvalue weighted by atomic mass is 35.5. The van der Waals surface area contributed by atoms with Gasteiger partial charge in [0.2, 0.25) is 0 Å². The molecule has 0 radical (unpaired) electrons. The van der Waals surface area contributed by atoms with E-state index in [1.807, 2.05) is 25.1 Å². The minimum Gasteiger partial charge on any atom is -0.480 e. The van der Waals surface area contributed by atoms with Crippen LogP contribution in [0.4, 0.5) is 0 Å². The van der Waals surface area contributed by atoms with Gasteiger partial charge >= 0.3 is 5.97 Å². The third-order valence-corrected chi connectivity index (χ3v) is 3.55. The Bertz CT molecular complexity index is 432. The predicted octanol–water partition coefficient (Wildman–Crippen LogP) is 3.49. The number of hydrogen-bond acceptors (Lipinski definition) is 2. The first kappa shape index (κ1) is 16.0. The van der Waals surface area contributed by atoms with Gasteiger partial charge in [0.1, 0.15) is 5.54 Å². The normalized spacial score (nSPS) is 15.8. The van der Waals surface area contributed by atoms with Crippen LogP contribution in [-0.4, -0.2) is 16.6 Å². The first-order valence-electron chi connectivity index (χ1n) is 6.58. The molecule has 2 unspecified atom stereocenters. The smallest absolute Gasteiger partial charge is 0.323 e. The Morgan fingerprint density at radius 1 is 1.53 bits per heavy atom. The average molecular weight is 284 g/mol. The van der Waals surface area contributed by atoms with Crippen molar-refractivity contribution in [3.8, 4) is 0 Å². The molecule has 1 aromatic carbocycles. The van der Waals surface area contributed by atoms with E-state index in [-0.39, 0.29) is 0 Å². The van der Waals surface area contributed by atoms with Gasteiger partial charge in [-0.15, -0.1) is 0 Å². The second-order valence-electron chi connectivity index (χ2n) is 5.55. The molecule has 0 fully saturated rings. The van der Waals surface area contributed by atoms with Crippen molar-refractivity contribution < 1.29 is 9.90 Å². The number of carboxylic acid groups (broad SMARTS) is 1. The van der Waals surface area contributed by atoms with Crippen LogP contribution < -0.4 is 5.73 Å². The SMILES string of the molecule is CC(CCCc1cccc(Cl)c1)CC(C)(N)C(=O)O. The van der Waals surface area contributed by atoms with E-state index in [0.717, 1.165) is 24.3 Å². The van der Waals surface area contributed by atoms with E-state index in [1.54, 1.807) is 6.92 Å². The second-order valence-corrected chi connectivity index (χ2v) is 5.99. The van der Waals surface area contributed by atoms with Crippen molar-refractivity contribution >= 4 is 17.6 Å². The Labute approximate surface area is 119 Å². The van der Waals surface area contributed by atoms with E-state index < -0.39 is 11.5 Å². The zero-order valence-corrected chi connectivity index (χ0v) is 12.3. The molecular weight excluding hydrogens is 262 g/mol. The monoisotopic (exact) mass is 283 g/mol.